The van der Waals surface area contributed by atoms with Gasteiger partial charge < -0.3 is 19.4 Å². The lowest BCUT2D eigenvalue weighted by atomic mass is 10.0. The predicted molar refractivity (Wildman–Crippen MR) is 337 cm³/mol. The maximum atomic E-state index is 13.6. The lowest BCUT2D eigenvalue weighted by Gasteiger charge is -2.27. The maximum absolute atomic E-state index is 13.6. The van der Waals surface area contributed by atoms with E-state index in [4.69, 9.17) is 13.8 Å². The van der Waals surface area contributed by atoms with Crippen molar-refractivity contribution in [3.63, 3.8) is 0 Å². The van der Waals surface area contributed by atoms with Gasteiger partial charge in [0.25, 0.3) is 0 Å². The summed E-state index contributed by atoms with van der Waals surface area (Å²) in [7, 11) is 1.47. The molecule has 10 heteroatoms. The third-order valence-corrected chi connectivity index (χ3v) is 15.0. The minimum Gasteiger partial charge on any atom is -0.456 e. The molecule has 0 saturated carbocycles. The predicted octanol–water partition coefficient (Wildman–Crippen LogP) is 20.2. The number of likely N-dealkylation sites (N-methyl/N-ethyl adjacent to an activating group) is 1. The molecule has 2 N–H and O–H groups in total. The van der Waals surface area contributed by atoms with Crippen molar-refractivity contribution in [1.29, 1.82) is 0 Å². The molecule has 0 radical (unpaired) electrons. The number of nitrogens with zero attached hydrogens (tertiary/aromatic N) is 1. The lowest BCUT2D eigenvalue weighted by Crippen LogP contribution is -2.47. The van der Waals surface area contributed by atoms with Crippen LogP contribution in [0.3, 0.4) is 0 Å². The van der Waals surface area contributed by atoms with Gasteiger partial charge in [-0.2, -0.15) is 0 Å². The van der Waals surface area contributed by atoms with Gasteiger partial charge in [-0.1, -0.05) is 247 Å². The van der Waals surface area contributed by atoms with Gasteiger partial charge in [0.15, 0.2) is 0 Å². The fraction of sp³-hybridized carbons (Fsp3) is 0.765. The Morgan fingerprint density at radius 3 is 1.19 bits per heavy atom. The van der Waals surface area contributed by atoms with E-state index in [0.717, 1.165) is 103 Å². The average Bonchev–Trinajstić information content (AvgIpc) is 3.40. The highest BCUT2D eigenvalue weighted by atomic mass is 31.2. The van der Waals surface area contributed by atoms with Crippen molar-refractivity contribution in [2.24, 2.45) is 0 Å². The minimum atomic E-state index is -4.46. The van der Waals surface area contributed by atoms with Crippen LogP contribution >= 0.6 is 7.82 Å². The first-order valence-corrected chi connectivity index (χ1v) is 33.9. The van der Waals surface area contributed by atoms with Gasteiger partial charge in [0.1, 0.15) is 19.3 Å². The zero-order valence-corrected chi connectivity index (χ0v) is 52.5. The number of hydrogen-bond acceptors (Lipinski definition) is 6. The van der Waals surface area contributed by atoms with E-state index in [1.165, 1.54) is 148 Å². The minimum absolute atomic E-state index is 0.0324. The zero-order valence-electron chi connectivity index (χ0n) is 51.6. The Morgan fingerprint density at radius 2 is 0.782 bits per heavy atom. The summed E-state index contributed by atoms with van der Waals surface area (Å²) >= 11 is 0. The summed E-state index contributed by atoms with van der Waals surface area (Å²) in [4.78, 5) is 37.8. The Bertz CT molecular complexity index is 1610. The van der Waals surface area contributed by atoms with E-state index >= 15 is 0 Å². The molecular weight excluding hydrogens is 988 g/mol. The van der Waals surface area contributed by atoms with E-state index in [1.807, 2.05) is 33.3 Å². The Kier molecular flexibility index (Phi) is 55.4. The normalized spacial score (nSPS) is 14.2. The van der Waals surface area contributed by atoms with E-state index < -0.39 is 20.0 Å². The number of phosphoric acid groups is 1. The Labute approximate surface area is 482 Å². The molecule has 0 aliphatic heterocycles. The molecule has 1 amide bonds. The SMILES string of the molecule is CCCCC/C=C\C/C=C\C/C=C\C/C=C\CCCCCCCC(=O)NC(COP(=O)(O)OCC[N+](C)(C)C)C(/C=C/CCCCCCCCCCCC)OC(=O)CCCCCCCCCCC/C=C\C/C=C\CCCCC. The van der Waals surface area contributed by atoms with Crippen LogP contribution in [0, 0.1) is 0 Å². The largest absolute Gasteiger partial charge is 0.472 e. The van der Waals surface area contributed by atoms with Crippen molar-refractivity contribution in [3.8, 4) is 0 Å². The summed E-state index contributed by atoms with van der Waals surface area (Å²) < 4.78 is 30.7. The number of nitrogens with one attached hydrogen (secondary N) is 1. The van der Waals surface area contributed by atoms with Crippen molar-refractivity contribution in [3.05, 3.63) is 85.1 Å². The molecule has 3 unspecified atom stereocenters. The number of phosphoric ester groups is 1. The van der Waals surface area contributed by atoms with Gasteiger partial charge in [-0.25, -0.2) is 4.57 Å². The van der Waals surface area contributed by atoms with Gasteiger partial charge in [0.2, 0.25) is 5.91 Å². The van der Waals surface area contributed by atoms with Crippen LogP contribution in [-0.2, 0) is 27.9 Å². The van der Waals surface area contributed by atoms with E-state index in [9.17, 15) is 19.0 Å². The monoisotopic (exact) mass is 1110 g/mol. The molecule has 0 spiro atoms. The second-order valence-electron chi connectivity index (χ2n) is 22.9. The van der Waals surface area contributed by atoms with Gasteiger partial charge in [0, 0.05) is 12.8 Å². The molecule has 0 aliphatic rings. The van der Waals surface area contributed by atoms with Crippen LogP contribution in [-0.4, -0.2) is 74.3 Å². The summed E-state index contributed by atoms with van der Waals surface area (Å²) in [6.45, 7) is 6.95. The smallest absolute Gasteiger partial charge is 0.456 e. The molecule has 0 saturated heterocycles. The first kappa shape index (κ1) is 75.2. The van der Waals surface area contributed by atoms with Crippen LogP contribution in [0.15, 0.2) is 85.1 Å². The standard InChI is InChI=1S/C68H123N2O7P/c1-7-10-13-16-19-22-25-28-30-32-34-35-37-38-40-42-45-48-51-54-57-60-67(71)69-65(64-76-78(73,74)75-63-62-70(4,5)6)66(59-56-53-50-47-44-27-24-21-18-15-12-9-3)77-68(72)61-58-55-52-49-46-43-41-39-36-33-31-29-26-23-20-17-14-11-8-2/h19-20,22-23,28-31,34-35,38,40,56,59,65-66H,7-18,21,24-27,32-33,36-37,39,41-55,57-58,60-64H2,1-6H3,(H-,69,71,73,74)/p+1/b22-19-,23-20-,30-28-,31-29-,35-34-,40-38-,59-56+. The van der Waals surface area contributed by atoms with Crippen LogP contribution in [0.2, 0.25) is 0 Å². The first-order chi connectivity index (χ1) is 37.9. The molecule has 0 aromatic carbocycles. The maximum Gasteiger partial charge on any atom is 0.472 e. The van der Waals surface area contributed by atoms with Gasteiger partial charge in [-0.05, 0) is 109 Å². The fourth-order valence-electron chi connectivity index (χ4n) is 9.01. The number of esters is 1. The topological polar surface area (TPSA) is 111 Å². The van der Waals surface area contributed by atoms with Crippen molar-refractivity contribution < 1.29 is 37.3 Å². The van der Waals surface area contributed by atoms with E-state index in [1.54, 1.807) is 0 Å². The average molecular weight is 1110 g/mol. The summed E-state index contributed by atoms with van der Waals surface area (Å²) in [6, 6.07) is -0.864. The molecule has 3 atom stereocenters. The Hall–Kier alpha value is -2.81. The molecule has 9 nitrogen and oxygen atoms in total. The van der Waals surface area contributed by atoms with Crippen molar-refractivity contribution in [1.82, 2.24) is 5.32 Å². The molecule has 0 rings (SSSR count). The van der Waals surface area contributed by atoms with Crippen molar-refractivity contribution in [2.75, 3.05) is 40.9 Å². The van der Waals surface area contributed by atoms with Gasteiger partial charge in [0.05, 0.1) is 33.8 Å². The Morgan fingerprint density at radius 1 is 0.449 bits per heavy atom. The van der Waals surface area contributed by atoms with Gasteiger partial charge in [-0.3, -0.25) is 18.6 Å². The van der Waals surface area contributed by atoms with Gasteiger partial charge >= 0.3 is 13.8 Å². The highest BCUT2D eigenvalue weighted by molar-refractivity contribution is 7.47. The Balaban J connectivity index is 5.26. The number of quaternary nitrogens is 1. The van der Waals surface area contributed by atoms with Gasteiger partial charge in [-0.15, -0.1) is 0 Å². The van der Waals surface area contributed by atoms with Crippen LogP contribution < -0.4 is 5.32 Å². The quantitative estimate of drug-likeness (QED) is 0.0205. The molecule has 452 valence electrons. The van der Waals surface area contributed by atoms with E-state index in [2.05, 4.69) is 99.0 Å². The highest BCUT2D eigenvalue weighted by Crippen LogP contribution is 2.43. The number of carbonyl (C=O) groups is 2. The number of ether oxygens (including phenoxy) is 1. The second-order valence-corrected chi connectivity index (χ2v) is 24.4. The molecule has 0 aromatic heterocycles. The zero-order chi connectivity index (χ0) is 57.2. The number of hydrogen-bond donors (Lipinski definition) is 2. The molecule has 0 bridgehead atoms. The van der Waals surface area contributed by atoms with Crippen LogP contribution in [0.5, 0.6) is 0 Å². The van der Waals surface area contributed by atoms with Crippen molar-refractivity contribution in [2.45, 2.75) is 296 Å². The number of unbranched alkanes of at least 4 members (excludes halogenated alkanes) is 30. The molecular formula is C68H124N2O7P+. The second kappa shape index (κ2) is 57.4. The summed E-state index contributed by atoms with van der Waals surface area (Å²) in [6.07, 6.45) is 75.7. The molecule has 0 heterocycles. The van der Waals surface area contributed by atoms with Crippen LogP contribution in [0.1, 0.15) is 284 Å². The molecule has 0 aliphatic carbocycles. The van der Waals surface area contributed by atoms with E-state index in [0.29, 0.717) is 17.4 Å². The molecule has 78 heavy (non-hydrogen) atoms. The molecule has 0 aromatic rings. The number of allylic oxidation sites excluding steroid dienone is 13. The lowest BCUT2D eigenvalue weighted by molar-refractivity contribution is -0.870. The first-order valence-electron chi connectivity index (χ1n) is 32.4. The number of rotatable bonds is 58. The molecule has 0 fully saturated rings. The van der Waals surface area contributed by atoms with E-state index in [-0.39, 0.29) is 31.5 Å². The third kappa shape index (κ3) is 57.9. The third-order valence-electron chi connectivity index (χ3n) is 14.1. The summed E-state index contributed by atoms with van der Waals surface area (Å²) in [5.41, 5.74) is 0. The van der Waals surface area contributed by atoms with Crippen LogP contribution in [0.25, 0.3) is 0 Å². The fourth-order valence-corrected chi connectivity index (χ4v) is 9.75. The number of amides is 1. The number of carbonyl (C=O) groups excluding carboxylic acids is 2. The summed E-state index contributed by atoms with van der Waals surface area (Å²) in [5.74, 6) is -0.529. The highest BCUT2D eigenvalue weighted by Gasteiger charge is 2.30. The van der Waals surface area contributed by atoms with Crippen LogP contribution in [0.4, 0.5) is 0 Å². The summed E-state index contributed by atoms with van der Waals surface area (Å²) in [5, 5.41) is 3.05. The van der Waals surface area contributed by atoms with Crippen molar-refractivity contribution >= 4 is 19.7 Å².